The van der Waals surface area contributed by atoms with Crippen molar-refractivity contribution in [3.63, 3.8) is 0 Å². The number of hydrogen-bond acceptors (Lipinski definition) is 6. The van der Waals surface area contributed by atoms with Crippen LogP contribution < -0.4 is 19.7 Å². The van der Waals surface area contributed by atoms with E-state index in [-0.39, 0.29) is 25.0 Å². The summed E-state index contributed by atoms with van der Waals surface area (Å²) in [4.78, 5) is 31.7. The van der Waals surface area contributed by atoms with Crippen molar-refractivity contribution < 1.29 is 19.1 Å². The van der Waals surface area contributed by atoms with Gasteiger partial charge in [-0.15, -0.1) is 11.3 Å². The van der Waals surface area contributed by atoms with Crippen LogP contribution in [0.3, 0.4) is 0 Å². The Morgan fingerprint density at radius 1 is 1.28 bits per heavy atom. The summed E-state index contributed by atoms with van der Waals surface area (Å²) in [5.41, 5.74) is 3.20. The summed E-state index contributed by atoms with van der Waals surface area (Å²) >= 11 is 7.39. The molecule has 2 aromatic carbocycles. The Morgan fingerprint density at radius 2 is 2.09 bits per heavy atom. The van der Waals surface area contributed by atoms with E-state index in [2.05, 4.69) is 10.3 Å². The molecule has 0 spiro atoms. The minimum Gasteiger partial charge on any atom is -0.484 e. The van der Waals surface area contributed by atoms with Crippen LogP contribution in [0.5, 0.6) is 11.5 Å². The molecule has 2 amide bonds. The van der Waals surface area contributed by atoms with Crippen LogP contribution in [0.4, 0.5) is 10.8 Å². The van der Waals surface area contributed by atoms with E-state index < -0.39 is 0 Å². The highest BCUT2D eigenvalue weighted by atomic mass is 35.5. The van der Waals surface area contributed by atoms with Gasteiger partial charge in [-0.05, 0) is 62.7 Å². The molecule has 0 saturated heterocycles. The first kappa shape index (κ1) is 22.1. The molecule has 1 aliphatic heterocycles. The van der Waals surface area contributed by atoms with Gasteiger partial charge in [0.2, 0.25) is 0 Å². The smallest absolute Gasteiger partial charge is 0.265 e. The first-order valence-corrected chi connectivity index (χ1v) is 11.3. The van der Waals surface area contributed by atoms with E-state index in [1.54, 1.807) is 23.1 Å². The van der Waals surface area contributed by atoms with Crippen LogP contribution in [0.25, 0.3) is 11.3 Å². The number of halogens is 1. The number of carbonyl (C=O) groups is 2. The highest BCUT2D eigenvalue weighted by Crippen LogP contribution is 2.38. The Kier molecular flexibility index (Phi) is 6.34. The number of nitrogens with one attached hydrogen (secondary N) is 1. The Hall–Kier alpha value is -3.10. The molecule has 0 atom stereocenters. The van der Waals surface area contributed by atoms with Crippen molar-refractivity contribution in [2.24, 2.45) is 0 Å². The molecule has 1 N–H and O–H groups in total. The fourth-order valence-electron chi connectivity index (χ4n) is 3.43. The summed E-state index contributed by atoms with van der Waals surface area (Å²) in [6, 6.07) is 10.9. The van der Waals surface area contributed by atoms with Gasteiger partial charge >= 0.3 is 0 Å². The number of carbonyl (C=O) groups excluding carboxylic acids is 2. The first-order chi connectivity index (χ1) is 15.4. The van der Waals surface area contributed by atoms with Crippen LogP contribution in [0.1, 0.15) is 17.4 Å². The quantitative estimate of drug-likeness (QED) is 0.556. The summed E-state index contributed by atoms with van der Waals surface area (Å²) in [6.07, 6.45) is 0. The normalized spacial score (nSPS) is 12.9. The Labute approximate surface area is 194 Å². The molecule has 1 aliphatic rings. The average molecular weight is 472 g/mol. The largest absolute Gasteiger partial charge is 0.484 e. The molecule has 0 aliphatic carbocycles. The van der Waals surface area contributed by atoms with Crippen molar-refractivity contribution in [2.45, 2.75) is 20.8 Å². The third-order valence-corrected chi connectivity index (χ3v) is 6.34. The zero-order chi connectivity index (χ0) is 22.8. The molecular weight excluding hydrogens is 450 g/mol. The topological polar surface area (TPSA) is 80.8 Å². The molecule has 32 heavy (non-hydrogen) atoms. The number of ether oxygens (including phenoxy) is 2. The molecule has 166 valence electrons. The Balaban J connectivity index is 1.47. The molecular formula is C23H22ClN3O4S. The number of aryl methyl sites for hydroxylation is 2. The van der Waals surface area contributed by atoms with Crippen LogP contribution in [0.15, 0.2) is 36.4 Å². The molecule has 0 fully saturated rings. The Bertz CT molecular complexity index is 1190. The third-order valence-electron chi connectivity index (χ3n) is 5.03. The van der Waals surface area contributed by atoms with E-state index in [0.29, 0.717) is 28.2 Å². The number of rotatable bonds is 6. The summed E-state index contributed by atoms with van der Waals surface area (Å²) in [5, 5.41) is 3.91. The first-order valence-electron chi connectivity index (χ1n) is 10.1. The van der Waals surface area contributed by atoms with E-state index in [1.807, 2.05) is 39.0 Å². The van der Waals surface area contributed by atoms with E-state index in [1.165, 1.54) is 11.3 Å². The Morgan fingerprint density at radius 3 is 2.84 bits per heavy atom. The van der Waals surface area contributed by atoms with Gasteiger partial charge in [-0.1, -0.05) is 11.6 Å². The van der Waals surface area contributed by atoms with Crippen molar-refractivity contribution in [1.29, 1.82) is 0 Å². The van der Waals surface area contributed by atoms with Crippen LogP contribution in [0.2, 0.25) is 5.02 Å². The zero-order valence-corrected chi connectivity index (χ0v) is 19.5. The molecule has 0 radical (unpaired) electrons. The van der Waals surface area contributed by atoms with Crippen molar-refractivity contribution in [3.05, 3.63) is 51.9 Å². The van der Waals surface area contributed by atoms with Gasteiger partial charge in [-0.3, -0.25) is 14.9 Å². The number of amides is 2. The van der Waals surface area contributed by atoms with E-state index in [0.717, 1.165) is 27.4 Å². The second kappa shape index (κ2) is 9.18. The van der Waals surface area contributed by atoms with E-state index >= 15 is 0 Å². The number of benzene rings is 2. The lowest BCUT2D eigenvalue weighted by atomic mass is 10.1. The summed E-state index contributed by atoms with van der Waals surface area (Å²) in [7, 11) is 0. The number of nitrogens with zero attached hydrogens (tertiary/aromatic N) is 2. The standard InChI is InChI=1S/C23H22ClN3O4S/c1-4-27-18-10-15(5-8-19(18)31-12-21(27)29)22-14(3)32-23(26-22)25-20(28)11-30-16-6-7-17(24)13(2)9-16/h5-10H,4,11-12H2,1-3H3,(H,25,26,28). The van der Waals surface area contributed by atoms with Gasteiger partial charge in [0.15, 0.2) is 18.3 Å². The molecule has 1 aromatic heterocycles. The summed E-state index contributed by atoms with van der Waals surface area (Å²) in [5.74, 6) is 0.867. The summed E-state index contributed by atoms with van der Waals surface area (Å²) < 4.78 is 11.1. The predicted octanol–water partition coefficient (Wildman–Crippen LogP) is 4.84. The average Bonchev–Trinajstić information content (AvgIpc) is 3.14. The maximum absolute atomic E-state index is 12.3. The maximum atomic E-state index is 12.3. The fraction of sp³-hybridized carbons (Fsp3) is 0.261. The number of anilines is 2. The van der Waals surface area contributed by atoms with Crippen LogP contribution in [-0.4, -0.2) is 36.6 Å². The second-order valence-electron chi connectivity index (χ2n) is 7.28. The minimum absolute atomic E-state index is 0.0454. The predicted molar refractivity (Wildman–Crippen MR) is 126 cm³/mol. The third kappa shape index (κ3) is 4.56. The van der Waals surface area contributed by atoms with Crippen molar-refractivity contribution in [2.75, 3.05) is 30.0 Å². The van der Waals surface area contributed by atoms with Gasteiger partial charge in [-0.2, -0.15) is 0 Å². The number of aromatic nitrogens is 1. The highest BCUT2D eigenvalue weighted by molar-refractivity contribution is 7.16. The van der Waals surface area contributed by atoms with Crippen molar-refractivity contribution in [1.82, 2.24) is 4.98 Å². The van der Waals surface area contributed by atoms with Gasteiger partial charge in [0.25, 0.3) is 11.8 Å². The number of fused-ring (bicyclic) bond motifs is 1. The van der Waals surface area contributed by atoms with Gasteiger partial charge in [0.05, 0.1) is 11.4 Å². The molecule has 4 rings (SSSR count). The molecule has 0 unspecified atom stereocenters. The van der Waals surface area contributed by atoms with E-state index in [4.69, 9.17) is 21.1 Å². The zero-order valence-electron chi connectivity index (χ0n) is 17.9. The number of hydrogen-bond donors (Lipinski definition) is 1. The molecule has 7 nitrogen and oxygen atoms in total. The monoisotopic (exact) mass is 471 g/mol. The van der Waals surface area contributed by atoms with Crippen LogP contribution in [-0.2, 0) is 9.59 Å². The highest BCUT2D eigenvalue weighted by Gasteiger charge is 2.25. The molecule has 2 heterocycles. The molecule has 9 heteroatoms. The molecule has 0 saturated carbocycles. The lowest BCUT2D eigenvalue weighted by molar-refractivity contribution is -0.121. The van der Waals surface area contributed by atoms with Crippen LogP contribution >= 0.6 is 22.9 Å². The van der Waals surface area contributed by atoms with Gasteiger partial charge in [0.1, 0.15) is 11.5 Å². The molecule has 3 aromatic rings. The number of thiazole rings is 1. The van der Waals surface area contributed by atoms with Crippen LogP contribution in [0, 0.1) is 13.8 Å². The minimum atomic E-state index is -0.306. The molecule has 0 bridgehead atoms. The maximum Gasteiger partial charge on any atom is 0.265 e. The van der Waals surface area contributed by atoms with Crippen molar-refractivity contribution in [3.8, 4) is 22.8 Å². The lowest BCUT2D eigenvalue weighted by Gasteiger charge is -2.28. The SMILES string of the molecule is CCN1C(=O)COc2ccc(-c3nc(NC(=O)COc4ccc(Cl)c(C)c4)sc3C)cc21. The fourth-order valence-corrected chi connectivity index (χ4v) is 4.39. The summed E-state index contributed by atoms with van der Waals surface area (Å²) in [6.45, 7) is 6.20. The van der Waals surface area contributed by atoms with Crippen molar-refractivity contribution >= 4 is 45.6 Å². The van der Waals surface area contributed by atoms with Gasteiger partial charge < -0.3 is 14.4 Å². The lowest BCUT2D eigenvalue weighted by Crippen LogP contribution is -2.38. The number of likely N-dealkylation sites (N-methyl/N-ethyl adjacent to an activating group) is 1. The van der Waals surface area contributed by atoms with Gasteiger partial charge in [-0.25, -0.2) is 4.98 Å². The van der Waals surface area contributed by atoms with E-state index in [9.17, 15) is 9.59 Å². The second-order valence-corrected chi connectivity index (χ2v) is 8.89. The van der Waals surface area contributed by atoms with Gasteiger partial charge in [0, 0.05) is 22.0 Å².